The van der Waals surface area contributed by atoms with Gasteiger partial charge in [-0.2, -0.15) is 26.3 Å². The van der Waals surface area contributed by atoms with E-state index >= 15 is 0 Å². The van der Waals surface area contributed by atoms with E-state index in [1.165, 1.54) is 0 Å². The quantitative estimate of drug-likeness (QED) is 0.604. The van der Waals surface area contributed by atoms with Crippen LogP contribution in [-0.2, 0) is 4.79 Å². The minimum atomic E-state index is -5.69. The molecule has 1 aliphatic carbocycles. The predicted octanol–water partition coefficient (Wildman–Crippen LogP) is 1.79. The summed E-state index contributed by atoms with van der Waals surface area (Å²) in [6.07, 6.45) is -1.95. The van der Waals surface area contributed by atoms with Gasteiger partial charge in [-0.05, 0) is 11.6 Å². The van der Waals surface area contributed by atoms with Crippen LogP contribution in [0.4, 0.5) is 26.3 Å². The average Bonchev–Trinajstić information content (AvgIpc) is 2.00. The SMILES string of the molecule is O=C(Cl)CC1(O)C(F)(F)C(F)(F)C1(F)F. The van der Waals surface area contributed by atoms with Gasteiger partial charge in [0.1, 0.15) is 0 Å². The van der Waals surface area contributed by atoms with E-state index in [-0.39, 0.29) is 0 Å². The number of carbonyl (C=O) groups is 1. The van der Waals surface area contributed by atoms with Crippen molar-refractivity contribution in [3.8, 4) is 0 Å². The van der Waals surface area contributed by atoms with Crippen molar-refractivity contribution in [2.45, 2.75) is 29.8 Å². The highest BCUT2D eigenvalue weighted by molar-refractivity contribution is 6.63. The standard InChI is InChI=1S/C6H3ClF6O2/c7-2(14)1-3(15)4(8,9)6(12,13)5(3,10)11/h15H,1H2. The molecule has 1 rings (SSSR count). The molecule has 0 aliphatic heterocycles. The van der Waals surface area contributed by atoms with Gasteiger partial charge in [-0.25, -0.2) is 0 Å². The molecular formula is C6H3ClF6O2. The average molecular weight is 257 g/mol. The monoisotopic (exact) mass is 256 g/mol. The fourth-order valence-electron chi connectivity index (χ4n) is 1.27. The molecule has 9 heteroatoms. The first-order valence-corrected chi connectivity index (χ1v) is 3.84. The van der Waals surface area contributed by atoms with Crippen molar-refractivity contribution < 1.29 is 36.2 Å². The van der Waals surface area contributed by atoms with Crippen LogP contribution in [0.15, 0.2) is 0 Å². The zero-order chi connectivity index (χ0) is 12.3. The van der Waals surface area contributed by atoms with Gasteiger partial charge in [0.05, 0.1) is 6.42 Å². The molecule has 0 aromatic rings. The lowest BCUT2D eigenvalue weighted by Crippen LogP contribution is -2.86. The van der Waals surface area contributed by atoms with Crippen molar-refractivity contribution in [2.75, 3.05) is 0 Å². The summed E-state index contributed by atoms with van der Waals surface area (Å²) in [5, 5.41) is 6.93. The summed E-state index contributed by atoms with van der Waals surface area (Å²) < 4.78 is 74.6. The smallest absolute Gasteiger partial charge is 0.377 e. The lowest BCUT2D eigenvalue weighted by Gasteiger charge is -2.55. The van der Waals surface area contributed by atoms with Gasteiger partial charge in [0.25, 0.3) is 0 Å². The summed E-state index contributed by atoms with van der Waals surface area (Å²) in [5.41, 5.74) is -4.43. The molecule has 0 radical (unpaired) electrons. The predicted molar refractivity (Wildman–Crippen MR) is 35.3 cm³/mol. The second kappa shape index (κ2) is 2.79. The van der Waals surface area contributed by atoms with Gasteiger partial charge in [-0.1, -0.05) is 0 Å². The first kappa shape index (κ1) is 12.6. The highest BCUT2D eigenvalue weighted by Crippen LogP contribution is 2.67. The topological polar surface area (TPSA) is 37.3 Å². The number of halogens is 7. The van der Waals surface area contributed by atoms with Gasteiger partial charge in [0.2, 0.25) is 10.8 Å². The molecule has 15 heavy (non-hydrogen) atoms. The van der Waals surface area contributed by atoms with Crippen molar-refractivity contribution in [3.63, 3.8) is 0 Å². The van der Waals surface area contributed by atoms with E-state index < -0.39 is 35.0 Å². The third kappa shape index (κ3) is 1.09. The summed E-state index contributed by atoms with van der Waals surface area (Å²) in [7, 11) is 0. The van der Waals surface area contributed by atoms with Gasteiger partial charge in [0, 0.05) is 0 Å². The van der Waals surface area contributed by atoms with Gasteiger partial charge in [-0.3, -0.25) is 4.79 Å². The van der Waals surface area contributed by atoms with Crippen LogP contribution in [0, 0.1) is 0 Å². The van der Waals surface area contributed by atoms with Gasteiger partial charge < -0.3 is 5.11 Å². The number of hydrogen-bond donors (Lipinski definition) is 1. The Balaban J connectivity index is 3.16. The van der Waals surface area contributed by atoms with Crippen molar-refractivity contribution in [1.82, 2.24) is 0 Å². The maximum absolute atomic E-state index is 12.5. The second-order valence-electron chi connectivity index (χ2n) is 3.12. The van der Waals surface area contributed by atoms with Crippen molar-refractivity contribution >= 4 is 16.8 Å². The Morgan fingerprint density at radius 2 is 1.33 bits per heavy atom. The Kier molecular flexibility index (Phi) is 2.34. The molecule has 0 unspecified atom stereocenters. The van der Waals surface area contributed by atoms with Crippen LogP contribution in [-0.4, -0.2) is 33.7 Å². The third-order valence-electron chi connectivity index (χ3n) is 2.22. The normalized spacial score (nSPS) is 29.3. The van der Waals surface area contributed by atoms with Gasteiger partial charge in [-0.15, -0.1) is 0 Å². The van der Waals surface area contributed by atoms with E-state index in [2.05, 4.69) is 11.6 Å². The molecule has 0 bridgehead atoms. The van der Waals surface area contributed by atoms with E-state index in [0.29, 0.717) is 0 Å². The summed E-state index contributed by atoms with van der Waals surface area (Å²) in [6, 6.07) is 0. The van der Waals surface area contributed by atoms with Crippen molar-refractivity contribution in [2.24, 2.45) is 0 Å². The van der Waals surface area contributed by atoms with Crippen LogP contribution in [0.25, 0.3) is 0 Å². The first-order valence-electron chi connectivity index (χ1n) is 3.46. The molecule has 0 heterocycles. The van der Waals surface area contributed by atoms with Crippen LogP contribution in [0.5, 0.6) is 0 Å². The Hall–Kier alpha value is -0.500. The van der Waals surface area contributed by atoms with Crippen LogP contribution in [0.1, 0.15) is 6.42 Å². The van der Waals surface area contributed by atoms with Crippen molar-refractivity contribution in [3.05, 3.63) is 0 Å². The van der Waals surface area contributed by atoms with E-state index in [4.69, 9.17) is 5.11 Å². The lowest BCUT2D eigenvalue weighted by atomic mass is 9.66. The molecule has 1 saturated carbocycles. The molecule has 0 saturated heterocycles. The fourth-order valence-corrected chi connectivity index (χ4v) is 1.47. The molecule has 0 spiro atoms. The lowest BCUT2D eigenvalue weighted by molar-refractivity contribution is -0.488. The molecular weight excluding hydrogens is 254 g/mol. The van der Waals surface area contributed by atoms with Gasteiger partial charge in [0.15, 0.2) is 0 Å². The summed E-state index contributed by atoms with van der Waals surface area (Å²) >= 11 is 4.51. The molecule has 1 aliphatic rings. The zero-order valence-electron chi connectivity index (χ0n) is 6.71. The second-order valence-corrected chi connectivity index (χ2v) is 3.54. The molecule has 88 valence electrons. The molecule has 0 amide bonds. The Morgan fingerprint density at radius 3 is 1.60 bits per heavy atom. The van der Waals surface area contributed by atoms with E-state index in [1.54, 1.807) is 0 Å². The van der Waals surface area contributed by atoms with Crippen LogP contribution >= 0.6 is 11.6 Å². The summed E-state index contributed by atoms with van der Waals surface area (Å²) in [4.78, 5) is 10.1. The zero-order valence-corrected chi connectivity index (χ0v) is 7.46. The number of alkyl halides is 6. The molecule has 2 nitrogen and oxygen atoms in total. The van der Waals surface area contributed by atoms with Crippen LogP contribution in [0.2, 0.25) is 0 Å². The minimum absolute atomic E-state index is 1.76. The minimum Gasteiger partial charge on any atom is -0.377 e. The van der Waals surface area contributed by atoms with Crippen LogP contribution in [0.3, 0.4) is 0 Å². The highest BCUT2D eigenvalue weighted by atomic mass is 35.5. The third-order valence-corrected chi connectivity index (χ3v) is 2.36. The van der Waals surface area contributed by atoms with E-state index in [9.17, 15) is 31.1 Å². The van der Waals surface area contributed by atoms with E-state index in [1.807, 2.05) is 0 Å². The Labute approximate surface area is 83.8 Å². The molecule has 0 atom stereocenters. The number of carbonyl (C=O) groups excluding carboxylic acids is 1. The van der Waals surface area contributed by atoms with Gasteiger partial charge >= 0.3 is 17.8 Å². The molecule has 0 aromatic carbocycles. The highest BCUT2D eigenvalue weighted by Gasteiger charge is 2.98. The molecule has 0 aromatic heterocycles. The van der Waals surface area contributed by atoms with Crippen LogP contribution < -0.4 is 0 Å². The van der Waals surface area contributed by atoms with E-state index in [0.717, 1.165) is 0 Å². The maximum Gasteiger partial charge on any atom is 0.378 e. The largest absolute Gasteiger partial charge is 0.378 e. The molecule has 1 N–H and O–H groups in total. The number of hydrogen-bond acceptors (Lipinski definition) is 2. The molecule has 1 fully saturated rings. The number of rotatable bonds is 2. The Morgan fingerprint density at radius 1 is 1.00 bits per heavy atom. The Bertz CT molecular complexity index is 297. The fraction of sp³-hybridized carbons (Fsp3) is 0.833. The number of aliphatic hydroxyl groups is 1. The maximum atomic E-state index is 12.5. The van der Waals surface area contributed by atoms with Crippen molar-refractivity contribution in [1.29, 1.82) is 0 Å². The summed E-state index contributed by atoms with van der Waals surface area (Å²) in [5.74, 6) is -16.5. The first-order chi connectivity index (χ1) is 6.42. The summed E-state index contributed by atoms with van der Waals surface area (Å²) in [6.45, 7) is 0.